The van der Waals surface area contributed by atoms with Crippen LogP contribution in [0.3, 0.4) is 0 Å². The molecule has 0 radical (unpaired) electrons. The number of hydrogen-bond donors (Lipinski definition) is 1. The van der Waals surface area contributed by atoms with Gasteiger partial charge in [0.15, 0.2) is 0 Å². The summed E-state index contributed by atoms with van der Waals surface area (Å²) >= 11 is 0. The molecule has 1 aliphatic carbocycles. The maximum Gasteiger partial charge on any atom is 0.303 e. The van der Waals surface area contributed by atoms with Crippen LogP contribution in [0.15, 0.2) is 12.2 Å². The van der Waals surface area contributed by atoms with Gasteiger partial charge in [-0.1, -0.05) is 57.6 Å². The lowest BCUT2D eigenvalue weighted by atomic mass is 9.77. The average molecular weight is 224 g/mol. The third-order valence-electron chi connectivity index (χ3n) is 3.46. The third kappa shape index (κ3) is 4.82. The molecular formula is C14H24O2. The highest BCUT2D eigenvalue weighted by molar-refractivity contribution is 5.67. The lowest BCUT2D eigenvalue weighted by Gasteiger charge is -2.28. The van der Waals surface area contributed by atoms with Crippen LogP contribution in [0.25, 0.3) is 0 Å². The first-order valence-electron chi connectivity index (χ1n) is 6.64. The van der Waals surface area contributed by atoms with Gasteiger partial charge in [-0.3, -0.25) is 4.79 Å². The molecule has 0 heterocycles. The van der Waals surface area contributed by atoms with Crippen molar-refractivity contribution in [3.8, 4) is 0 Å². The van der Waals surface area contributed by atoms with Crippen LogP contribution in [-0.2, 0) is 4.79 Å². The first-order valence-corrected chi connectivity index (χ1v) is 6.64. The molecule has 92 valence electrons. The van der Waals surface area contributed by atoms with Gasteiger partial charge in [0.05, 0.1) is 6.42 Å². The quantitative estimate of drug-likeness (QED) is 0.474. The first kappa shape index (κ1) is 13.3. The summed E-state index contributed by atoms with van der Waals surface area (Å²) in [5, 5.41) is 8.70. The van der Waals surface area contributed by atoms with Crippen LogP contribution in [0.4, 0.5) is 0 Å². The van der Waals surface area contributed by atoms with Crippen molar-refractivity contribution in [1.82, 2.24) is 0 Å². The Hall–Kier alpha value is -0.790. The Bertz CT molecular complexity index is 233. The Kier molecular flexibility index (Phi) is 6.20. The summed E-state index contributed by atoms with van der Waals surface area (Å²) in [7, 11) is 0. The Morgan fingerprint density at radius 1 is 1.06 bits per heavy atom. The fourth-order valence-electron chi connectivity index (χ4n) is 2.32. The summed E-state index contributed by atoms with van der Waals surface area (Å²) in [6.45, 7) is 2.23. The van der Waals surface area contributed by atoms with E-state index in [9.17, 15) is 4.79 Å². The molecule has 0 spiro atoms. The number of aliphatic carboxylic acids is 1. The third-order valence-corrected chi connectivity index (χ3v) is 3.46. The molecule has 2 heteroatoms. The van der Waals surface area contributed by atoms with Gasteiger partial charge in [-0.05, 0) is 18.3 Å². The second kappa shape index (κ2) is 7.48. The fraction of sp³-hybridized carbons (Fsp3) is 0.786. The highest BCUT2D eigenvalue weighted by atomic mass is 16.4. The molecule has 0 aromatic rings. The zero-order valence-corrected chi connectivity index (χ0v) is 10.3. The highest BCUT2D eigenvalue weighted by Gasteiger charge is 2.25. The molecule has 1 aliphatic rings. The highest BCUT2D eigenvalue weighted by Crippen LogP contribution is 2.32. The van der Waals surface area contributed by atoms with Crippen LogP contribution >= 0.6 is 0 Å². The predicted octanol–water partition coefficient (Wildman–Crippen LogP) is 4.01. The average Bonchev–Trinajstić information content (AvgIpc) is 2.23. The van der Waals surface area contributed by atoms with Gasteiger partial charge in [-0.25, -0.2) is 0 Å². The predicted molar refractivity (Wildman–Crippen MR) is 66.4 cm³/mol. The second-order valence-corrected chi connectivity index (χ2v) is 4.87. The van der Waals surface area contributed by atoms with E-state index in [4.69, 9.17) is 5.11 Å². The number of rotatable bonds is 9. The first-order chi connectivity index (χ1) is 7.74. The van der Waals surface area contributed by atoms with Crippen molar-refractivity contribution in [2.75, 3.05) is 0 Å². The number of hydrogen-bond acceptors (Lipinski definition) is 1. The Morgan fingerprint density at radius 3 is 2.25 bits per heavy atom. The normalized spacial score (nSPS) is 23.1. The lowest BCUT2D eigenvalue weighted by Crippen LogP contribution is -2.21. The standard InChI is InChI=1S/C14H24O2/c1-2-3-4-5-6-7-8-12-9-10-13(12)11-14(15)16/h9-10,12-13H,2-8,11H2,1H3,(H,15,16). The minimum absolute atomic E-state index is 0.313. The lowest BCUT2D eigenvalue weighted by molar-refractivity contribution is -0.138. The second-order valence-electron chi connectivity index (χ2n) is 4.87. The van der Waals surface area contributed by atoms with Crippen molar-refractivity contribution < 1.29 is 9.90 Å². The van der Waals surface area contributed by atoms with Crippen molar-refractivity contribution >= 4 is 5.97 Å². The summed E-state index contributed by atoms with van der Waals surface area (Å²) in [4.78, 5) is 10.6. The van der Waals surface area contributed by atoms with E-state index >= 15 is 0 Å². The van der Waals surface area contributed by atoms with E-state index in [-0.39, 0.29) is 0 Å². The topological polar surface area (TPSA) is 37.3 Å². The van der Waals surface area contributed by atoms with E-state index in [0.29, 0.717) is 18.3 Å². The minimum atomic E-state index is -0.665. The minimum Gasteiger partial charge on any atom is -0.481 e. The maximum atomic E-state index is 10.6. The summed E-state index contributed by atoms with van der Waals surface area (Å²) in [5.41, 5.74) is 0. The zero-order valence-electron chi connectivity index (χ0n) is 10.3. The molecule has 1 N–H and O–H groups in total. The van der Waals surface area contributed by atoms with Crippen molar-refractivity contribution in [1.29, 1.82) is 0 Å². The molecule has 0 aromatic carbocycles. The molecule has 0 saturated carbocycles. The molecule has 0 saturated heterocycles. The molecule has 0 aromatic heterocycles. The Morgan fingerprint density at radius 2 is 1.69 bits per heavy atom. The maximum absolute atomic E-state index is 10.6. The van der Waals surface area contributed by atoms with Crippen LogP contribution in [0.5, 0.6) is 0 Å². The van der Waals surface area contributed by atoms with E-state index in [1.54, 1.807) is 0 Å². The van der Waals surface area contributed by atoms with Crippen LogP contribution in [0, 0.1) is 11.8 Å². The number of carboxylic acid groups (broad SMARTS) is 1. The summed E-state index contributed by atoms with van der Waals surface area (Å²) in [6, 6.07) is 0. The Balaban J connectivity index is 1.98. The molecule has 0 bridgehead atoms. The fourth-order valence-corrected chi connectivity index (χ4v) is 2.32. The molecular weight excluding hydrogens is 200 g/mol. The van der Waals surface area contributed by atoms with E-state index < -0.39 is 5.97 Å². The molecule has 0 fully saturated rings. The van der Waals surface area contributed by atoms with Crippen molar-refractivity contribution in [3.05, 3.63) is 12.2 Å². The molecule has 2 nitrogen and oxygen atoms in total. The van der Waals surface area contributed by atoms with E-state index in [0.717, 1.165) is 0 Å². The van der Waals surface area contributed by atoms with Crippen molar-refractivity contribution in [3.63, 3.8) is 0 Å². The van der Waals surface area contributed by atoms with Gasteiger partial charge in [0, 0.05) is 0 Å². The van der Waals surface area contributed by atoms with E-state index in [2.05, 4.69) is 19.1 Å². The number of carbonyl (C=O) groups is 1. The molecule has 0 amide bonds. The number of allylic oxidation sites excluding steroid dienone is 2. The summed E-state index contributed by atoms with van der Waals surface area (Å²) in [5.74, 6) is 0.192. The van der Waals surface area contributed by atoms with Gasteiger partial charge in [-0.2, -0.15) is 0 Å². The van der Waals surface area contributed by atoms with Gasteiger partial charge in [0.1, 0.15) is 0 Å². The summed E-state index contributed by atoms with van der Waals surface area (Å²) in [6.07, 6.45) is 13.6. The van der Waals surface area contributed by atoms with Crippen LogP contribution in [0.2, 0.25) is 0 Å². The van der Waals surface area contributed by atoms with E-state index in [1.165, 1.54) is 44.9 Å². The van der Waals surface area contributed by atoms with E-state index in [1.807, 2.05) is 0 Å². The van der Waals surface area contributed by atoms with Gasteiger partial charge in [0.25, 0.3) is 0 Å². The van der Waals surface area contributed by atoms with Gasteiger partial charge in [-0.15, -0.1) is 0 Å². The largest absolute Gasteiger partial charge is 0.481 e. The summed E-state index contributed by atoms with van der Waals surface area (Å²) < 4.78 is 0. The van der Waals surface area contributed by atoms with Crippen molar-refractivity contribution in [2.45, 2.75) is 58.3 Å². The van der Waals surface area contributed by atoms with Crippen LogP contribution in [0.1, 0.15) is 58.3 Å². The monoisotopic (exact) mass is 224 g/mol. The van der Waals surface area contributed by atoms with Gasteiger partial charge in [0.2, 0.25) is 0 Å². The molecule has 0 aliphatic heterocycles. The number of carboxylic acids is 1. The zero-order chi connectivity index (χ0) is 11.8. The van der Waals surface area contributed by atoms with Crippen molar-refractivity contribution in [2.24, 2.45) is 11.8 Å². The Labute approximate surface area is 98.7 Å². The van der Waals surface area contributed by atoms with Gasteiger partial charge >= 0.3 is 5.97 Å². The number of unbranched alkanes of at least 4 members (excludes halogenated alkanes) is 5. The van der Waals surface area contributed by atoms with Gasteiger partial charge < -0.3 is 5.11 Å². The smallest absolute Gasteiger partial charge is 0.303 e. The van der Waals surface area contributed by atoms with Crippen LogP contribution < -0.4 is 0 Å². The van der Waals surface area contributed by atoms with Crippen LogP contribution in [-0.4, -0.2) is 11.1 Å². The molecule has 2 atom stereocenters. The molecule has 1 rings (SSSR count). The molecule has 16 heavy (non-hydrogen) atoms. The molecule has 2 unspecified atom stereocenters. The SMILES string of the molecule is CCCCCCCCC1C=CC1CC(=O)O.